The highest BCUT2D eigenvalue weighted by atomic mass is 16.2. The molecule has 0 aromatic carbocycles. The highest BCUT2D eigenvalue weighted by molar-refractivity contribution is 5.83. The summed E-state index contributed by atoms with van der Waals surface area (Å²) in [6.45, 7) is 6.04. The number of rotatable bonds is 3. The number of nitrogens with two attached hydrogens (primary N) is 1. The molecule has 0 saturated carbocycles. The van der Waals surface area contributed by atoms with Gasteiger partial charge in [0.25, 0.3) is 0 Å². The van der Waals surface area contributed by atoms with Gasteiger partial charge in [0.2, 0.25) is 5.91 Å². The van der Waals surface area contributed by atoms with Gasteiger partial charge in [0.15, 0.2) is 0 Å². The van der Waals surface area contributed by atoms with E-state index in [1.165, 1.54) is 0 Å². The van der Waals surface area contributed by atoms with Gasteiger partial charge in [0, 0.05) is 13.1 Å². The molecule has 0 radical (unpaired) electrons. The summed E-state index contributed by atoms with van der Waals surface area (Å²) in [5, 5.41) is 0. The molecule has 1 amide bonds. The summed E-state index contributed by atoms with van der Waals surface area (Å²) in [6.07, 6.45) is 1.95. The van der Waals surface area contributed by atoms with Gasteiger partial charge in [0.05, 0.1) is 6.04 Å². The Morgan fingerprint density at radius 2 is 2.42 bits per heavy atom. The quantitative estimate of drug-likeness (QED) is 0.674. The molecular weight excluding hydrogens is 152 g/mol. The lowest BCUT2D eigenvalue weighted by molar-refractivity contribution is -0.129. The molecule has 0 aromatic heterocycles. The molecule has 3 heteroatoms. The standard InChI is InChI=1S/C9H18N2O/c1-3-7(2)6-11-5-4-8(10)9(11)12/h7-8H,3-6,10H2,1-2H3. The zero-order chi connectivity index (χ0) is 9.14. The van der Waals surface area contributed by atoms with Gasteiger partial charge < -0.3 is 10.6 Å². The average molecular weight is 170 g/mol. The van der Waals surface area contributed by atoms with Gasteiger partial charge in [0.1, 0.15) is 0 Å². The van der Waals surface area contributed by atoms with E-state index in [9.17, 15) is 4.79 Å². The van der Waals surface area contributed by atoms with Crippen molar-refractivity contribution in [2.24, 2.45) is 11.7 Å². The first-order chi connectivity index (χ1) is 5.65. The zero-order valence-corrected chi connectivity index (χ0v) is 7.92. The smallest absolute Gasteiger partial charge is 0.239 e. The molecule has 2 atom stereocenters. The highest BCUT2D eigenvalue weighted by Crippen LogP contribution is 2.12. The van der Waals surface area contributed by atoms with Gasteiger partial charge in [-0.3, -0.25) is 4.79 Å². The van der Waals surface area contributed by atoms with Crippen LogP contribution in [0, 0.1) is 5.92 Å². The predicted molar refractivity (Wildman–Crippen MR) is 48.6 cm³/mol. The Labute approximate surface area is 73.9 Å². The van der Waals surface area contributed by atoms with Crippen molar-refractivity contribution in [3.05, 3.63) is 0 Å². The summed E-state index contributed by atoms with van der Waals surface area (Å²) in [4.78, 5) is 13.2. The Morgan fingerprint density at radius 3 is 2.83 bits per heavy atom. The zero-order valence-electron chi connectivity index (χ0n) is 7.92. The van der Waals surface area contributed by atoms with E-state index in [1.807, 2.05) is 4.90 Å². The molecule has 0 spiro atoms. The van der Waals surface area contributed by atoms with Crippen LogP contribution >= 0.6 is 0 Å². The van der Waals surface area contributed by atoms with Crippen LogP contribution in [0.1, 0.15) is 26.7 Å². The number of hydrogen-bond acceptors (Lipinski definition) is 2. The Hall–Kier alpha value is -0.570. The van der Waals surface area contributed by atoms with Crippen LogP contribution in [0.15, 0.2) is 0 Å². The molecule has 12 heavy (non-hydrogen) atoms. The summed E-state index contributed by atoms with van der Waals surface area (Å²) >= 11 is 0. The van der Waals surface area contributed by atoms with E-state index in [2.05, 4.69) is 13.8 Å². The fraction of sp³-hybridized carbons (Fsp3) is 0.889. The monoisotopic (exact) mass is 170 g/mol. The van der Waals surface area contributed by atoms with Crippen molar-refractivity contribution >= 4 is 5.91 Å². The van der Waals surface area contributed by atoms with Crippen molar-refractivity contribution < 1.29 is 4.79 Å². The van der Waals surface area contributed by atoms with Gasteiger partial charge >= 0.3 is 0 Å². The minimum Gasteiger partial charge on any atom is -0.341 e. The van der Waals surface area contributed by atoms with E-state index in [4.69, 9.17) is 5.73 Å². The molecule has 1 saturated heterocycles. The molecule has 0 bridgehead atoms. The first-order valence-corrected chi connectivity index (χ1v) is 4.69. The first kappa shape index (κ1) is 9.52. The summed E-state index contributed by atoms with van der Waals surface area (Å²) < 4.78 is 0. The van der Waals surface area contributed by atoms with E-state index in [0.29, 0.717) is 5.92 Å². The van der Waals surface area contributed by atoms with Crippen LogP contribution < -0.4 is 5.73 Å². The number of amides is 1. The molecule has 0 aromatic rings. The van der Waals surface area contributed by atoms with Gasteiger partial charge in [-0.25, -0.2) is 0 Å². The van der Waals surface area contributed by atoms with Crippen LogP contribution in [0.4, 0.5) is 0 Å². The molecule has 2 unspecified atom stereocenters. The number of carbonyl (C=O) groups excluding carboxylic acids is 1. The molecule has 0 aliphatic carbocycles. The van der Waals surface area contributed by atoms with E-state index in [0.717, 1.165) is 25.9 Å². The van der Waals surface area contributed by atoms with Crippen molar-refractivity contribution in [2.75, 3.05) is 13.1 Å². The minimum atomic E-state index is -0.228. The molecule has 1 rings (SSSR count). The van der Waals surface area contributed by atoms with Crippen LogP contribution in [0.2, 0.25) is 0 Å². The van der Waals surface area contributed by atoms with Gasteiger partial charge in [-0.2, -0.15) is 0 Å². The van der Waals surface area contributed by atoms with E-state index < -0.39 is 0 Å². The van der Waals surface area contributed by atoms with Gasteiger partial charge in [-0.05, 0) is 12.3 Å². The maximum atomic E-state index is 11.4. The molecular formula is C9H18N2O. The van der Waals surface area contributed by atoms with Crippen LogP contribution in [0.25, 0.3) is 0 Å². The Balaban J connectivity index is 2.39. The number of nitrogens with zero attached hydrogens (tertiary/aromatic N) is 1. The second-order valence-corrected chi connectivity index (χ2v) is 3.69. The number of carbonyl (C=O) groups is 1. The number of hydrogen-bond donors (Lipinski definition) is 1. The van der Waals surface area contributed by atoms with Crippen molar-refractivity contribution in [3.63, 3.8) is 0 Å². The normalized spacial score (nSPS) is 26.4. The summed E-state index contributed by atoms with van der Waals surface area (Å²) in [7, 11) is 0. The lowest BCUT2D eigenvalue weighted by Crippen LogP contribution is -2.36. The second-order valence-electron chi connectivity index (χ2n) is 3.69. The molecule has 2 N–H and O–H groups in total. The minimum absolute atomic E-state index is 0.135. The predicted octanol–water partition coefficient (Wildman–Crippen LogP) is 0.592. The Bertz CT molecular complexity index is 170. The molecule has 1 heterocycles. The van der Waals surface area contributed by atoms with Crippen molar-refractivity contribution in [1.82, 2.24) is 4.90 Å². The summed E-state index contributed by atoms with van der Waals surface area (Å²) in [5.74, 6) is 0.731. The maximum Gasteiger partial charge on any atom is 0.239 e. The van der Waals surface area contributed by atoms with E-state index >= 15 is 0 Å². The Kier molecular flexibility index (Phi) is 3.09. The fourth-order valence-corrected chi connectivity index (χ4v) is 1.45. The van der Waals surface area contributed by atoms with Crippen LogP contribution in [-0.2, 0) is 4.79 Å². The van der Waals surface area contributed by atoms with Crippen LogP contribution in [0.3, 0.4) is 0 Å². The topological polar surface area (TPSA) is 46.3 Å². The van der Waals surface area contributed by atoms with Crippen molar-refractivity contribution in [3.8, 4) is 0 Å². The van der Waals surface area contributed by atoms with Gasteiger partial charge in [-0.1, -0.05) is 20.3 Å². The molecule has 1 aliphatic heterocycles. The first-order valence-electron chi connectivity index (χ1n) is 4.69. The third kappa shape index (κ3) is 1.97. The summed E-state index contributed by atoms with van der Waals surface area (Å²) in [5.41, 5.74) is 5.59. The average Bonchev–Trinajstić information content (AvgIpc) is 2.36. The lowest BCUT2D eigenvalue weighted by atomic mass is 10.1. The largest absolute Gasteiger partial charge is 0.341 e. The van der Waals surface area contributed by atoms with Crippen LogP contribution in [-0.4, -0.2) is 29.9 Å². The molecule has 1 fully saturated rings. The molecule has 3 nitrogen and oxygen atoms in total. The van der Waals surface area contributed by atoms with Crippen LogP contribution in [0.5, 0.6) is 0 Å². The highest BCUT2D eigenvalue weighted by Gasteiger charge is 2.28. The molecule has 1 aliphatic rings. The van der Waals surface area contributed by atoms with Gasteiger partial charge in [-0.15, -0.1) is 0 Å². The maximum absolute atomic E-state index is 11.4. The van der Waals surface area contributed by atoms with Crippen molar-refractivity contribution in [2.45, 2.75) is 32.7 Å². The lowest BCUT2D eigenvalue weighted by Gasteiger charge is -2.19. The fourth-order valence-electron chi connectivity index (χ4n) is 1.45. The Morgan fingerprint density at radius 1 is 1.75 bits per heavy atom. The second kappa shape index (κ2) is 3.90. The summed E-state index contributed by atoms with van der Waals surface area (Å²) in [6, 6.07) is -0.228. The third-order valence-corrected chi connectivity index (χ3v) is 2.57. The third-order valence-electron chi connectivity index (χ3n) is 2.57. The SMILES string of the molecule is CCC(C)CN1CCC(N)C1=O. The van der Waals surface area contributed by atoms with E-state index in [1.54, 1.807) is 0 Å². The van der Waals surface area contributed by atoms with E-state index in [-0.39, 0.29) is 11.9 Å². The number of likely N-dealkylation sites (tertiary alicyclic amines) is 1. The van der Waals surface area contributed by atoms with Crippen molar-refractivity contribution in [1.29, 1.82) is 0 Å². The molecule has 70 valence electrons.